The third-order valence-electron chi connectivity index (χ3n) is 2.30. The Labute approximate surface area is 108 Å². The SMILES string of the molecule is C/C=C/CCNC(=O)COc1ccc(OC)cc1. The second kappa shape index (κ2) is 8.17. The lowest BCUT2D eigenvalue weighted by molar-refractivity contribution is -0.123. The van der Waals surface area contributed by atoms with Gasteiger partial charge in [-0.05, 0) is 37.6 Å². The molecule has 0 aliphatic heterocycles. The lowest BCUT2D eigenvalue weighted by Gasteiger charge is -2.07. The van der Waals surface area contributed by atoms with Crippen molar-refractivity contribution in [3.8, 4) is 11.5 Å². The van der Waals surface area contributed by atoms with Crippen molar-refractivity contribution < 1.29 is 14.3 Å². The quantitative estimate of drug-likeness (QED) is 0.595. The van der Waals surface area contributed by atoms with Crippen molar-refractivity contribution in [1.82, 2.24) is 5.32 Å². The molecule has 0 heterocycles. The molecule has 0 aromatic heterocycles. The van der Waals surface area contributed by atoms with E-state index in [0.29, 0.717) is 12.3 Å². The number of amides is 1. The van der Waals surface area contributed by atoms with Crippen LogP contribution in [0.3, 0.4) is 0 Å². The van der Waals surface area contributed by atoms with E-state index in [1.165, 1.54) is 0 Å². The van der Waals surface area contributed by atoms with E-state index in [-0.39, 0.29) is 12.5 Å². The van der Waals surface area contributed by atoms with E-state index in [1.807, 2.05) is 19.1 Å². The largest absolute Gasteiger partial charge is 0.497 e. The molecule has 1 N–H and O–H groups in total. The van der Waals surface area contributed by atoms with E-state index in [9.17, 15) is 4.79 Å². The standard InChI is InChI=1S/C14H19NO3/c1-3-4-5-10-15-14(16)11-18-13-8-6-12(17-2)7-9-13/h3-4,6-9H,5,10-11H2,1-2H3,(H,15,16)/b4-3+. The summed E-state index contributed by atoms with van der Waals surface area (Å²) in [5, 5.41) is 2.77. The maximum absolute atomic E-state index is 11.4. The minimum absolute atomic E-state index is 0.0299. The van der Waals surface area contributed by atoms with Crippen LogP contribution in [0.5, 0.6) is 11.5 Å². The average Bonchev–Trinajstić information content (AvgIpc) is 2.42. The summed E-state index contributed by atoms with van der Waals surface area (Å²) in [5.74, 6) is 1.30. The molecule has 1 rings (SSSR count). The molecule has 0 fully saturated rings. The zero-order chi connectivity index (χ0) is 13.2. The van der Waals surface area contributed by atoms with Gasteiger partial charge in [-0.1, -0.05) is 12.2 Å². The summed E-state index contributed by atoms with van der Waals surface area (Å²) in [6.07, 6.45) is 4.80. The molecule has 0 unspecified atom stereocenters. The van der Waals surface area contributed by atoms with E-state index in [4.69, 9.17) is 9.47 Å². The Morgan fingerprint density at radius 1 is 1.28 bits per heavy atom. The number of rotatable bonds is 7. The summed E-state index contributed by atoms with van der Waals surface area (Å²) in [5.41, 5.74) is 0. The van der Waals surface area contributed by atoms with Gasteiger partial charge in [0.25, 0.3) is 5.91 Å². The third kappa shape index (κ3) is 5.39. The van der Waals surface area contributed by atoms with Crippen molar-refractivity contribution >= 4 is 5.91 Å². The number of hydrogen-bond acceptors (Lipinski definition) is 3. The molecule has 0 atom stereocenters. The number of carbonyl (C=O) groups is 1. The molecule has 1 amide bonds. The highest BCUT2D eigenvalue weighted by Crippen LogP contribution is 2.16. The molecular weight excluding hydrogens is 230 g/mol. The Balaban J connectivity index is 2.24. The zero-order valence-corrected chi connectivity index (χ0v) is 10.8. The van der Waals surface area contributed by atoms with E-state index < -0.39 is 0 Å². The molecule has 98 valence electrons. The minimum Gasteiger partial charge on any atom is -0.497 e. The number of ether oxygens (including phenoxy) is 2. The van der Waals surface area contributed by atoms with Crippen LogP contribution in [-0.2, 0) is 4.79 Å². The van der Waals surface area contributed by atoms with Crippen LogP contribution in [0.1, 0.15) is 13.3 Å². The predicted molar refractivity (Wildman–Crippen MR) is 70.9 cm³/mol. The Bertz CT molecular complexity index is 385. The first-order chi connectivity index (χ1) is 8.76. The maximum Gasteiger partial charge on any atom is 0.257 e. The van der Waals surface area contributed by atoms with Gasteiger partial charge in [-0.25, -0.2) is 0 Å². The molecule has 0 saturated heterocycles. The molecule has 1 aromatic carbocycles. The fraction of sp³-hybridized carbons (Fsp3) is 0.357. The van der Waals surface area contributed by atoms with Gasteiger partial charge >= 0.3 is 0 Å². The lowest BCUT2D eigenvalue weighted by Crippen LogP contribution is -2.29. The lowest BCUT2D eigenvalue weighted by atomic mass is 10.3. The van der Waals surface area contributed by atoms with E-state index in [0.717, 1.165) is 12.2 Å². The highest BCUT2D eigenvalue weighted by molar-refractivity contribution is 5.77. The van der Waals surface area contributed by atoms with E-state index in [1.54, 1.807) is 31.4 Å². The molecule has 0 bridgehead atoms. The molecule has 1 aromatic rings. The molecule has 0 spiro atoms. The van der Waals surface area contributed by atoms with Gasteiger partial charge in [0, 0.05) is 6.54 Å². The van der Waals surface area contributed by atoms with Gasteiger partial charge in [0.05, 0.1) is 7.11 Å². The van der Waals surface area contributed by atoms with E-state index >= 15 is 0 Å². The van der Waals surface area contributed by atoms with Gasteiger partial charge in [-0.2, -0.15) is 0 Å². The molecule has 0 radical (unpaired) electrons. The second-order valence-electron chi connectivity index (χ2n) is 3.67. The first-order valence-corrected chi connectivity index (χ1v) is 5.91. The molecular formula is C14H19NO3. The van der Waals surface area contributed by atoms with Gasteiger partial charge in [0.15, 0.2) is 6.61 Å². The van der Waals surface area contributed by atoms with Crippen LogP contribution in [-0.4, -0.2) is 26.2 Å². The first kappa shape index (κ1) is 14.1. The number of methoxy groups -OCH3 is 1. The smallest absolute Gasteiger partial charge is 0.257 e. The Morgan fingerprint density at radius 2 is 1.94 bits per heavy atom. The van der Waals surface area contributed by atoms with Crippen molar-refractivity contribution in [1.29, 1.82) is 0 Å². The molecule has 18 heavy (non-hydrogen) atoms. The van der Waals surface area contributed by atoms with Crippen molar-refractivity contribution in [3.63, 3.8) is 0 Å². The molecule has 4 heteroatoms. The van der Waals surface area contributed by atoms with Crippen LogP contribution >= 0.6 is 0 Å². The topological polar surface area (TPSA) is 47.6 Å². The number of benzene rings is 1. The summed E-state index contributed by atoms with van der Waals surface area (Å²) in [6, 6.07) is 7.12. The zero-order valence-electron chi connectivity index (χ0n) is 10.8. The van der Waals surface area contributed by atoms with Gasteiger partial charge < -0.3 is 14.8 Å². The fourth-order valence-electron chi connectivity index (χ4n) is 1.33. The van der Waals surface area contributed by atoms with Crippen LogP contribution in [0.4, 0.5) is 0 Å². The van der Waals surface area contributed by atoms with Crippen molar-refractivity contribution in [2.45, 2.75) is 13.3 Å². The van der Waals surface area contributed by atoms with Crippen molar-refractivity contribution in [3.05, 3.63) is 36.4 Å². The number of nitrogens with one attached hydrogen (secondary N) is 1. The summed E-state index contributed by atoms with van der Waals surface area (Å²) < 4.78 is 10.4. The summed E-state index contributed by atoms with van der Waals surface area (Å²) in [6.45, 7) is 2.62. The molecule has 0 aliphatic carbocycles. The van der Waals surface area contributed by atoms with Crippen LogP contribution in [0.2, 0.25) is 0 Å². The van der Waals surface area contributed by atoms with Gasteiger partial charge in [-0.15, -0.1) is 0 Å². The summed E-state index contributed by atoms with van der Waals surface area (Å²) >= 11 is 0. The Hall–Kier alpha value is -1.97. The summed E-state index contributed by atoms with van der Waals surface area (Å²) in [4.78, 5) is 11.4. The normalized spacial score (nSPS) is 10.3. The highest BCUT2D eigenvalue weighted by Gasteiger charge is 2.01. The second-order valence-corrected chi connectivity index (χ2v) is 3.67. The first-order valence-electron chi connectivity index (χ1n) is 5.91. The number of carbonyl (C=O) groups excluding carboxylic acids is 1. The van der Waals surface area contributed by atoms with Crippen LogP contribution in [0.15, 0.2) is 36.4 Å². The minimum atomic E-state index is -0.115. The fourth-order valence-corrected chi connectivity index (χ4v) is 1.33. The van der Waals surface area contributed by atoms with Gasteiger partial charge in [0.2, 0.25) is 0 Å². The molecule has 0 saturated carbocycles. The van der Waals surface area contributed by atoms with Crippen LogP contribution < -0.4 is 14.8 Å². The van der Waals surface area contributed by atoms with Crippen molar-refractivity contribution in [2.24, 2.45) is 0 Å². The van der Waals surface area contributed by atoms with Gasteiger partial charge in [-0.3, -0.25) is 4.79 Å². The Kier molecular flexibility index (Phi) is 6.40. The summed E-state index contributed by atoms with van der Waals surface area (Å²) in [7, 11) is 1.61. The van der Waals surface area contributed by atoms with Crippen LogP contribution in [0, 0.1) is 0 Å². The monoisotopic (exact) mass is 249 g/mol. The highest BCUT2D eigenvalue weighted by atomic mass is 16.5. The predicted octanol–water partition coefficient (Wildman–Crippen LogP) is 2.16. The van der Waals surface area contributed by atoms with Crippen LogP contribution in [0.25, 0.3) is 0 Å². The Morgan fingerprint density at radius 3 is 2.56 bits per heavy atom. The third-order valence-corrected chi connectivity index (χ3v) is 2.30. The van der Waals surface area contributed by atoms with E-state index in [2.05, 4.69) is 5.32 Å². The molecule has 4 nitrogen and oxygen atoms in total. The number of hydrogen-bond donors (Lipinski definition) is 1. The number of allylic oxidation sites excluding steroid dienone is 1. The maximum atomic E-state index is 11.4. The van der Waals surface area contributed by atoms with Gasteiger partial charge in [0.1, 0.15) is 11.5 Å². The van der Waals surface area contributed by atoms with Crippen molar-refractivity contribution in [2.75, 3.05) is 20.3 Å². The molecule has 0 aliphatic rings. The average molecular weight is 249 g/mol.